The van der Waals surface area contributed by atoms with Crippen molar-refractivity contribution in [2.24, 2.45) is 5.92 Å². The van der Waals surface area contributed by atoms with Gasteiger partial charge in [-0.3, -0.25) is 10.1 Å². The number of hydrogen-bond acceptors (Lipinski definition) is 3. The first-order valence-corrected chi connectivity index (χ1v) is 8.40. The number of nitrogens with one attached hydrogen (secondary N) is 2. The molecule has 0 saturated carbocycles. The van der Waals surface area contributed by atoms with E-state index in [9.17, 15) is 4.79 Å². The van der Waals surface area contributed by atoms with E-state index in [0.29, 0.717) is 10.8 Å². The van der Waals surface area contributed by atoms with Crippen molar-refractivity contribution >= 4 is 38.3 Å². The van der Waals surface area contributed by atoms with Crippen LogP contribution in [0.1, 0.15) is 40.8 Å². The fraction of sp³-hybridized carbons (Fsp3) is 0.429. The number of aromatic nitrogens is 2. The fourth-order valence-corrected chi connectivity index (χ4v) is 3.97. The minimum atomic E-state index is -0.145. The van der Waals surface area contributed by atoms with E-state index in [0.717, 1.165) is 23.2 Å². The van der Waals surface area contributed by atoms with Crippen LogP contribution in [-0.4, -0.2) is 15.9 Å². The third kappa shape index (κ3) is 2.81. The van der Waals surface area contributed by atoms with E-state index in [1.807, 2.05) is 0 Å². The lowest BCUT2D eigenvalue weighted by Gasteiger charge is -2.18. The van der Waals surface area contributed by atoms with E-state index < -0.39 is 0 Å². The topological polar surface area (TPSA) is 57.8 Å². The Labute approximate surface area is 130 Å². The van der Waals surface area contributed by atoms with E-state index in [-0.39, 0.29) is 5.91 Å². The van der Waals surface area contributed by atoms with Crippen LogP contribution in [0.5, 0.6) is 0 Å². The number of carbonyl (C=O) groups excluding carboxylic acids is 1. The molecule has 0 spiro atoms. The van der Waals surface area contributed by atoms with Gasteiger partial charge >= 0.3 is 0 Å². The average molecular weight is 354 g/mol. The molecule has 0 fully saturated rings. The van der Waals surface area contributed by atoms with Crippen LogP contribution in [0, 0.1) is 5.92 Å². The van der Waals surface area contributed by atoms with Gasteiger partial charge in [0, 0.05) is 15.5 Å². The lowest BCUT2D eigenvalue weighted by Crippen LogP contribution is -2.12. The first-order valence-electron chi connectivity index (χ1n) is 6.79. The summed E-state index contributed by atoms with van der Waals surface area (Å²) in [5.74, 6) is 0.625. The Morgan fingerprint density at radius 3 is 3.20 bits per heavy atom. The zero-order valence-electron chi connectivity index (χ0n) is 11.2. The molecule has 2 N–H and O–H groups in total. The van der Waals surface area contributed by atoms with Crippen LogP contribution in [0.25, 0.3) is 0 Å². The lowest BCUT2D eigenvalue weighted by atomic mass is 9.89. The zero-order valence-corrected chi connectivity index (χ0v) is 13.6. The number of hydrogen-bond donors (Lipinski definition) is 2. The van der Waals surface area contributed by atoms with Crippen LogP contribution in [0.3, 0.4) is 0 Å². The molecule has 6 heteroatoms. The molecule has 0 bridgehead atoms. The van der Waals surface area contributed by atoms with Crippen molar-refractivity contribution in [2.75, 3.05) is 5.32 Å². The summed E-state index contributed by atoms with van der Waals surface area (Å²) in [5.41, 5.74) is 1.71. The number of halogens is 1. The van der Waals surface area contributed by atoms with Gasteiger partial charge in [0.05, 0.1) is 5.69 Å². The van der Waals surface area contributed by atoms with Gasteiger partial charge in [-0.25, -0.2) is 4.98 Å². The maximum Gasteiger partial charge on any atom is 0.273 e. The summed E-state index contributed by atoms with van der Waals surface area (Å²) < 4.78 is 0.867. The second kappa shape index (κ2) is 5.69. The highest BCUT2D eigenvalue weighted by Gasteiger charge is 2.22. The second-order valence-corrected chi connectivity index (χ2v) is 7.09. The van der Waals surface area contributed by atoms with Gasteiger partial charge in [0.1, 0.15) is 5.69 Å². The van der Waals surface area contributed by atoms with Crippen molar-refractivity contribution in [1.29, 1.82) is 0 Å². The number of aryl methyl sites for hydroxylation is 1. The molecule has 2 heterocycles. The Balaban J connectivity index is 1.73. The number of amides is 1. The number of rotatable bonds is 3. The molecule has 2 aromatic heterocycles. The molecule has 1 aliphatic carbocycles. The Hall–Kier alpha value is -1.14. The van der Waals surface area contributed by atoms with Gasteiger partial charge < -0.3 is 4.98 Å². The normalized spacial score (nSPS) is 17.8. The maximum absolute atomic E-state index is 12.1. The summed E-state index contributed by atoms with van der Waals surface area (Å²) >= 11 is 4.94. The summed E-state index contributed by atoms with van der Waals surface area (Å²) in [5, 5.41) is 3.59. The smallest absolute Gasteiger partial charge is 0.273 e. The van der Waals surface area contributed by atoms with Gasteiger partial charge in [-0.05, 0) is 47.2 Å². The van der Waals surface area contributed by atoms with Crippen molar-refractivity contribution in [3.05, 3.63) is 33.0 Å². The molecular formula is C14H16BrN3OS. The van der Waals surface area contributed by atoms with E-state index in [1.54, 1.807) is 23.6 Å². The zero-order chi connectivity index (χ0) is 14.1. The molecule has 2 aromatic rings. The minimum absolute atomic E-state index is 0.145. The van der Waals surface area contributed by atoms with Gasteiger partial charge in [0.15, 0.2) is 5.13 Å². The summed E-state index contributed by atoms with van der Waals surface area (Å²) in [4.78, 5) is 20.9. The Morgan fingerprint density at radius 1 is 1.65 bits per heavy atom. The summed E-state index contributed by atoms with van der Waals surface area (Å²) in [6, 6.07) is 1.76. The summed E-state index contributed by atoms with van der Waals surface area (Å²) in [7, 11) is 0. The van der Waals surface area contributed by atoms with E-state index in [2.05, 4.69) is 38.1 Å². The highest BCUT2D eigenvalue weighted by Crippen LogP contribution is 2.33. The predicted molar refractivity (Wildman–Crippen MR) is 84.4 cm³/mol. The van der Waals surface area contributed by atoms with Crippen molar-refractivity contribution in [3.8, 4) is 0 Å². The van der Waals surface area contributed by atoms with Crippen LogP contribution in [-0.2, 0) is 12.8 Å². The number of thiazole rings is 1. The molecule has 0 aromatic carbocycles. The van der Waals surface area contributed by atoms with Gasteiger partial charge in [-0.1, -0.05) is 13.3 Å². The van der Waals surface area contributed by atoms with Crippen LogP contribution in [0.4, 0.5) is 5.13 Å². The third-order valence-electron chi connectivity index (χ3n) is 3.73. The first kappa shape index (κ1) is 13.8. The molecule has 1 aliphatic rings. The SMILES string of the molecule is CCC1CCc2nc(NC(=O)c3cc(Br)c[nH]3)sc2C1. The number of carbonyl (C=O) groups is 1. The molecule has 0 aliphatic heterocycles. The minimum Gasteiger partial charge on any atom is -0.356 e. The Bertz CT molecular complexity index is 634. The largest absolute Gasteiger partial charge is 0.356 e. The average Bonchev–Trinajstić information content (AvgIpc) is 3.03. The standard InChI is InChI=1S/C14H16BrN3OS/c1-2-8-3-4-10-12(5-8)20-14(17-10)18-13(19)11-6-9(15)7-16-11/h6-8,16H,2-5H2,1H3,(H,17,18,19). The van der Waals surface area contributed by atoms with Gasteiger partial charge in [-0.15, -0.1) is 11.3 Å². The van der Waals surface area contributed by atoms with E-state index in [4.69, 9.17) is 0 Å². The molecule has 4 nitrogen and oxygen atoms in total. The van der Waals surface area contributed by atoms with E-state index in [1.165, 1.54) is 23.4 Å². The van der Waals surface area contributed by atoms with Gasteiger partial charge in [-0.2, -0.15) is 0 Å². The Morgan fingerprint density at radius 2 is 2.50 bits per heavy atom. The molecule has 20 heavy (non-hydrogen) atoms. The van der Waals surface area contributed by atoms with Crippen LogP contribution in [0.15, 0.2) is 16.7 Å². The number of nitrogens with zero attached hydrogens (tertiary/aromatic N) is 1. The summed E-state index contributed by atoms with van der Waals surface area (Å²) in [6.07, 6.45) is 6.31. The number of H-pyrrole nitrogens is 1. The van der Waals surface area contributed by atoms with Crippen molar-refractivity contribution in [2.45, 2.75) is 32.6 Å². The third-order valence-corrected chi connectivity index (χ3v) is 5.23. The first-order chi connectivity index (χ1) is 9.65. The molecule has 1 unspecified atom stereocenters. The molecule has 0 saturated heterocycles. The maximum atomic E-state index is 12.1. The fourth-order valence-electron chi connectivity index (χ4n) is 2.51. The van der Waals surface area contributed by atoms with Crippen LogP contribution >= 0.6 is 27.3 Å². The molecular weight excluding hydrogens is 338 g/mol. The highest BCUT2D eigenvalue weighted by atomic mass is 79.9. The van der Waals surface area contributed by atoms with Crippen molar-refractivity contribution in [3.63, 3.8) is 0 Å². The van der Waals surface area contributed by atoms with E-state index >= 15 is 0 Å². The van der Waals surface area contributed by atoms with Gasteiger partial charge in [0.25, 0.3) is 5.91 Å². The molecule has 1 amide bonds. The summed E-state index contributed by atoms with van der Waals surface area (Å²) in [6.45, 7) is 2.24. The van der Waals surface area contributed by atoms with Gasteiger partial charge in [0.2, 0.25) is 0 Å². The Kier molecular flexibility index (Phi) is 3.94. The highest BCUT2D eigenvalue weighted by molar-refractivity contribution is 9.10. The molecule has 3 rings (SSSR count). The molecule has 1 atom stereocenters. The number of fused-ring (bicyclic) bond motifs is 1. The second-order valence-electron chi connectivity index (χ2n) is 5.09. The lowest BCUT2D eigenvalue weighted by molar-refractivity contribution is 0.102. The molecule has 0 radical (unpaired) electrons. The van der Waals surface area contributed by atoms with Crippen molar-refractivity contribution in [1.82, 2.24) is 9.97 Å². The van der Waals surface area contributed by atoms with Crippen LogP contribution < -0.4 is 5.32 Å². The van der Waals surface area contributed by atoms with Crippen LogP contribution in [0.2, 0.25) is 0 Å². The number of anilines is 1. The monoisotopic (exact) mass is 353 g/mol. The number of aromatic amines is 1. The molecule has 106 valence electrons. The quantitative estimate of drug-likeness (QED) is 0.875. The van der Waals surface area contributed by atoms with Crippen molar-refractivity contribution < 1.29 is 4.79 Å². The predicted octanol–water partition coefficient (Wildman–Crippen LogP) is 4.00.